The summed E-state index contributed by atoms with van der Waals surface area (Å²) in [6.45, 7) is 6.79. The molecule has 0 radical (unpaired) electrons. The van der Waals surface area contributed by atoms with Crippen molar-refractivity contribution in [2.45, 2.75) is 45.2 Å². The van der Waals surface area contributed by atoms with Crippen molar-refractivity contribution in [2.75, 3.05) is 0 Å². The van der Waals surface area contributed by atoms with Crippen LogP contribution in [0.4, 0.5) is 4.39 Å². The quantitative estimate of drug-likeness (QED) is 0.647. The summed E-state index contributed by atoms with van der Waals surface area (Å²) >= 11 is 0. The van der Waals surface area contributed by atoms with Gasteiger partial charge in [-0.1, -0.05) is 26.0 Å². The largest absolute Gasteiger partial charge is 0.350 e. The number of pyridine rings is 1. The van der Waals surface area contributed by atoms with Crippen LogP contribution >= 0.6 is 0 Å². The maximum atomic E-state index is 13.9. The van der Waals surface area contributed by atoms with Gasteiger partial charge < -0.3 is 10.3 Å². The van der Waals surface area contributed by atoms with Gasteiger partial charge in [0.2, 0.25) is 15.9 Å². The Morgan fingerprint density at radius 3 is 2.43 bits per heavy atom. The molecule has 3 N–H and O–H groups in total. The van der Waals surface area contributed by atoms with Crippen LogP contribution in [0.15, 0.2) is 40.0 Å². The van der Waals surface area contributed by atoms with Crippen LogP contribution in [0.1, 0.15) is 30.7 Å². The van der Waals surface area contributed by atoms with E-state index in [2.05, 4.69) is 15.0 Å². The Morgan fingerprint density at radius 2 is 1.86 bits per heavy atom. The molecule has 9 heteroatoms. The van der Waals surface area contributed by atoms with Gasteiger partial charge in [-0.2, -0.15) is 4.72 Å². The molecule has 0 spiro atoms. The van der Waals surface area contributed by atoms with Crippen molar-refractivity contribution in [3.05, 3.63) is 63.3 Å². The fourth-order valence-corrected chi connectivity index (χ4v) is 4.20. The Morgan fingerprint density at radius 1 is 1.21 bits per heavy atom. The van der Waals surface area contributed by atoms with E-state index in [1.165, 1.54) is 12.1 Å². The van der Waals surface area contributed by atoms with E-state index in [0.29, 0.717) is 11.3 Å². The molecule has 0 unspecified atom stereocenters. The van der Waals surface area contributed by atoms with Crippen molar-refractivity contribution in [1.82, 2.24) is 15.0 Å². The van der Waals surface area contributed by atoms with Crippen molar-refractivity contribution in [1.29, 1.82) is 0 Å². The molecular formula is C19H24FN3O4S. The van der Waals surface area contributed by atoms with Crippen LogP contribution in [0.2, 0.25) is 0 Å². The minimum absolute atomic E-state index is 0.0507. The highest BCUT2D eigenvalue weighted by molar-refractivity contribution is 7.89. The molecule has 0 fully saturated rings. The number of benzene rings is 1. The van der Waals surface area contributed by atoms with Crippen LogP contribution in [-0.2, 0) is 21.4 Å². The number of carbonyl (C=O) groups excluding carboxylic acids is 1. The highest BCUT2D eigenvalue weighted by Gasteiger charge is 2.29. The number of amides is 1. The first-order valence-electron chi connectivity index (χ1n) is 8.77. The van der Waals surface area contributed by atoms with E-state index in [1.54, 1.807) is 33.8 Å². The van der Waals surface area contributed by atoms with Crippen LogP contribution in [0, 0.1) is 25.6 Å². The molecule has 2 aromatic rings. The molecule has 1 amide bonds. The molecule has 1 aromatic heterocycles. The van der Waals surface area contributed by atoms with Crippen LogP contribution in [0.25, 0.3) is 0 Å². The lowest BCUT2D eigenvalue weighted by atomic mass is 10.0. The molecule has 0 bridgehead atoms. The number of hydrogen-bond acceptors (Lipinski definition) is 4. The second-order valence-corrected chi connectivity index (χ2v) is 8.62. The summed E-state index contributed by atoms with van der Waals surface area (Å²) in [5.41, 5.74) is 1.49. The summed E-state index contributed by atoms with van der Waals surface area (Å²) < 4.78 is 41.1. The number of halogens is 1. The van der Waals surface area contributed by atoms with E-state index in [9.17, 15) is 22.4 Å². The Bertz CT molecular complexity index is 1030. The molecular weight excluding hydrogens is 385 g/mol. The lowest BCUT2D eigenvalue weighted by Gasteiger charge is -2.22. The van der Waals surface area contributed by atoms with Gasteiger partial charge in [-0.15, -0.1) is 0 Å². The minimum atomic E-state index is -4.24. The third-order valence-electron chi connectivity index (χ3n) is 4.29. The third-order valence-corrected chi connectivity index (χ3v) is 5.76. The summed E-state index contributed by atoms with van der Waals surface area (Å²) in [5.74, 6) is -1.91. The molecule has 0 aliphatic rings. The Labute approximate surface area is 163 Å². The molecule has 7 nitrogen and oxygen atoms in total. The molecule has 1 aromatic carbocycles. The molecule has 28 heavy (non-hydrogen) atoms. The van der Waals surface area contributed by atoms with E-state index in [0.717, 1.165) is 17.7 Å². The average Bonchev–Trinajstić information content (AvgIpc) is 2.58. The molecule has 0 saturated carbocycles. The van der Waals surface area contributed by atoms with E-state index >= 15 is 0 Å². The number of carbonyl (C=O) groups is 1. The first-order valence-corrected chi connectivity index (χ1v) is 10.2. The number of aromatic amines is 1. The molecule has 0 aliphatic heterocycles. The van der Waals surface area contributed by atoms with Gasteiger partial charge in [0.25, 0.3) is 5.56 Å². The standard InChI is InChI=1S/C19H24FN3O4S/c1-11(2)17(23-28(26,27)16-8-6-5-7-15(16)20)19(25)21-10-14-12(3)9-13(4)22-18(14)24/h5-9,11,17,23H,10H2,1-4H3,(H,21,25)(H,22,24)/t17-/m0/s1. The molecule has 1 heterocycles. The highest BCUT2D eigenvalue weighted by atomic mass is 32.2. The topological polar surface area (TPSA) is 108 Å². The summed E-state index contributed by atoms with van der Waals surface area (Å²) in [6, 6.07) is 5.59. The number of nitrogens with one attached hydrogen (secondary N) is 3. The predicted molar refractivity (Wildman–Crippen MR) is 104 cm³/mol. The maximum Gasteiger partial charge on any atom is 0.253 e. The van der Waals surface area contributed by atoms with Gasteiger partial charge in [0.05, 0.1) is 0 Å². The zero-order valence-electron chi connectivity index (χ0n) is 16.2. The molecule has 1 atom stereocenters. The predicted octanol–water partition coefficient (Wildman–Crippen LogP) is 1.75. The molecule has 152 valence electrons. The Balaban J connectivity index is 2.19. The van der Waals surface area contributed by atoms with E-state index in [1.807, 2.05) is 0 Å². The molecule has 0 saturated heterocycles. The van der Waals surface area contributed by atoms with Gasteiger partial charge in [0.1, 0.15) is 16.8 Å². The SMILES string of the molecule is Cc1cc(C)c(CNC(=O)[C@@H](NS(=O)(=O)c2ccccc2F)C(C)C)c(=O)[nH]1. The summed E-state index contributed by atoms with van der Waals surface area (Å²) in [5, 5.41) is 2.59. The van der Waals surface area contributed by atoms with Crippen molar-refractivity contribution in [3.63, 3.8) is 0 Å². The van der Waals surface area contributed by atoms with Gasteiger partial charge >= 0.3 is 0 Å². The Kier molecular flexibility index (Phi) is 6.73. The second kappa shape index (κ2) is 8.66. The highest BCUT2D eigenvalue weighted by Crippen LogP contribution is 2.15. The zero-order valence-corrected chi connectivity index (χ0v) is 17.0. The van der Waals surface area contributed by atoms with E-state index in [4.69, 9.17) is 0 Å². The van der Waals surface area contributed by atoms with Gasteiger partial charge in [-0.3, -0.25) is 9.59 Å². The molecule has 2 rings (SSSR count). The van der Waals surface area contributed by atoms with Gasteiger partial charge in [-0.05, 0) is 43.5 Å². The number of hydrogen-bond donors (Lipinski definition) is 3. The van der Waals surface area contributed by atoms with Crippen LogP contribution in [0.5, 0.6) is 0 Å². The van der Waals surface area contributed by atoms with E-state index in [-0.39, 0.29) is 12.1 Å². The van der Waals surface area contributed by atoms with Crippen LogP contribution in [-0.4, -0.2) is 25.4 Å². The minimum Gasteiger partial charge on any atom is -0.350 e. The smallest absolute Gasteiger partial charge is 0.253 e. The van der Waals surface area contributed by atoms with Crippen molar-refractivity contribution < 1.29 is 17.6 Å². The number of aryl methyl sites for hydroxylation is 2. The summed E-state index contributed by atoms with van der Waals surface area (Å²) in [4.78, 5) is 26.8. The number of aromatic nitrogens is 1. The lowest BCUT2D eigenvalue weighted by molar-refractivity contribution is -0.123. The van der Waals surface area contributed by atoms with Crippen molar-refractivity contribution in [3.8, 4) is 0 Å². The van der Waals surface area contributed by atoms with Crippen LogP contribution in [0.3, 0.4) is 0 Å². The van der Waals surface area contributed by atoms with E-state index < -0.39 is 38.6 Å². The zero-order chi connectivity index (χ0) is 21.1. The van der Waals surface area contributed by atoms with Crippen molar-refractivity contribution >= 4 is 15.9 Å². The van der Waals surface area contributed by atoms with Gasteiger partial charge in [0.15, 0.2) is 0 Å². The number of sulfonamides is 1. The third kappa shape index (κ3) is 5.05. The summed E-state index contributed by atoms with van der Waals surface area (Å²) in [6.07, 6.45) is 0. The fourth-order valence-electron chi connectivity index (χ4n) is 2.77. The lowest BCUT2D eigenvalue weighted by Crippen LogP contribution is -2.49. The first kappa shape index (κ1) is 21.8. The fraction of sp³-hybridized carbons (Fsp3) is 0.368. The van der Waals surface area contributed by atoms with Crippen molar-refractivity contribution in [2.24, 2.45) is 5.92 Å². The number of H-pyrrole nitrogens is 1. The number of rotatable bonds is 7. The van der Waals surface area contributed by atoms with Gasteiger partial charge in [-0.25, -0.2) is 12.8 Å². The van der Waals surface area contributed by atoms with Crippen LogP contribution < -0.4 is 15.6 Å². The normalized spacial score (nSPS) is 12.8. The second-order valence-electron chi connectivity index (χ2n) is 6.93. The first-order chi connectivity index (χ1) is 13.0. The average molecular weight is 409 g/mol. The Hall–Kier alpha value is -2.52. The monoisotopic (exact) mass is 409 g/mol. The molecule has 0 aliphatic carbocycles. The van der Waals surface area contributed by atoms with Gasteiger partial charge in [0, 0.05) is 17.8 Å². The maximum absolute atomic E-state index is 13.9. The summed E-state index contributed by atoms with van der Waals surface area (Å²) in [7, 11) is -4.24.